The van der Waals surface area contributed by atoms with Crippen LogP contribution in [-0.4, -0.2) is 24.1 Å². The van der Waals surface area contributed by atoms with Gasteiger partial charge in [-0.2, -0.15) is 0 Å². The molecule has 112 valence electrons. The van der Waals surface area contributed by atoms with Crippen LogP contribution in [0.5, 0.6) is 0 Å². The fourth-order valence-corrected chi connectivity index (χ4v) is 3.71. The zero-order valence-electron chi connectivity index (χ0n) is 11.9. The van der Waals surface area contributed by atoms with Crippen molar-refractivity contribution in [3.05, 3.63) is 27.2 Å². The molecule has 0 radical (unpaired) electrons. The number of aliphatic imine (C=N–C) groups is 1. The molecule has 3 rings (SSSR count). The molecule has 0 spiro atoms. The maximum atomic E-state index is 12.5. The largest absolute Gasteiger partial charge is 0.370 e. The summed E-state index contributed by atoms with van der Waals surface area (Å²) in [5, 5.41) is 3.68. The highest BCUT2D eigenvalue weighted by Crippen LogP contribution is 2.36. The Morgan fingerprint density at radius 2 is 2.14 bits per heavy atom. The van der Waals surface area contributed by atoms with E-state index in [1.807, 2.05) is 12.1 Å². The highest BCUT2D eigenvalue weighted by Gasteiger charge is 2.32. The quantitative estimate of drug-likeness (QED) is 0.766. The van der Waals surface area contributed by atoms with Crippen molar-refractivity contribution in [2.75, 3.05) is 5.32 Å². The summed E-state index contributed by atoms with van der Waals surface area (Å²) in [6, 6.07) is 3.69. The van der Waals surface area contributed by atoms with Crippen LogP contribution in [0.4, 0.5) is 5.69 Å². The third-order valence-electron chi connectivity index (χ3n) is 4.43. The maximum Gasteiger partial charge on any atom is 0.194 e. The predicted octanol–water partition coefficient (Wildman–Crippen LogP) is 4.73. The summed E-state index contributed by atoms with van der Waals surface area (Å²) >= 11 is 9.58. The Morgan fingerprint density at radius 3 is 2.90 bits per heavy atom. The Hall–Kier alpha value is -0.870. The number of Topliss-reactive ketones (excluding diaryl/α,β-unsaturated/α-hetero) is 1. The number of nitrogens with zero attached hydrogens (tertiary/aromatic N) is 1. The van der Waals surface area contributed by atoms with Gasteiger partial charge in [-0.25, -0.2) is 0 Å². The van der Waals surface area contributed by atoms with E-state index < -0.39 is 0 Å². The number of carbonyl (C=O) groups excluding carboxylic acids is 1. The average molecular weight is 370 g/mol. The minimum absolute atomic E-state index is 0.00325. The first-order valence-electron chi connectivity index (χ1n) is 7.40. The number of benzene rings is 1. The van der Waals surface area contributed by atoms with Gasteiger partial charge in [-0.15, -0.1) is 0 Å². The monoisotopic (exact) mass is 368 g/mol. The molecule has 1 fully saturated rings. The van der Waals surface area contributed by atoms with Crippen LogP contribution in [0, 0.1) is 5.92 Å². The molecule has 5 heteroatoms. The summed E-state index contributed by atoms with van der Waals surface area (Å²) < 4.78 is 0.747. The predicted molar refractivity (Wildman–Crippen MR) is 90.8 cm³/mol. The third-order valence-corrected chi connectivity index (χ3v) is 5.71. The minimum atomic E-state index is -0.388. The highest BCUT2D eigenvalue weighted by molar-refractivity contribution is 9.10. The molecule has 0 aromatic heterocycles. The molecule has 0 amide bonds. The second-order valence-corrected chi connectivity index (χ2v) is 7.13. The SMILES string of the molecule is C[C@H]1CCCC[C@@H]1N=CC1Nc2ccc(Br)c(Cl)c2C1=O. The van der Waals surface area contributed by atoms with Gasteiger partial charge in [-0.05, 0) is 46.8 Å². The standard InChI is InChI=1S/C16H18BrClN2O/c1-9-4-2-3-5-11(9)19-8-13-16(21)14-12(20-13)7-6-10(17)15(14)18/h6-9,11,13,20H,2-5H2,1H3/t9-,11-,13?/m0/s1. The number of ketones is 1. The minimum Gasteiger partial charge on any atom is -0.370 e. The molecule has 0 saturated heterocycles. The van der Waals surface area contributed by atoms with E-state index in [0.29, 0.717) is 22.5 Å². The van der Waals surface area contributed by atoms with E-state index in [4.69, 9.17) is 11.6 Å². The highest BCUT2D eigenvalue weighted by atomic mass is 79.9. The van der Waals surface area contributed by atoms with Crippen molar-refractivity contribution in [2.45, 2.75) is 44.7 Å². The Balaban J connectivity index is 1.77. The maximum absolute atomic E-state index is 12.5. The number of hydrogen-bond donors (Lipinski definition) is 1. The van der Waals surface area contributed by atoms with Crippen molar-refractivity contribution in [1.82, 2.24) is 0 Å². The zero-order valence-corrected chi connectivity index (χ0v) is 14.2. The van der Waals surface area contributed by atoms with E-state index in [1.54, 1.807) is 6.21 Å². The number of anilines is 1. The van der Waals surface area contributed by atoms with Gasteiger partial charge >= 0.3 is 0 Å². The van der Waals surface area contributed by atoms with Gasteiger partial charge in [-0.1, -0.05) is 31.4 Å². The molecule has 1 aliphatic heterocycles. The van der Waals surface area contributed by atoms with Crippen LogP contribution in [0.3, 0.4) is 0 Å². The summed E-state index contributed by atoms with van der Waals surface area (Å²) in [7, 11) is 0. The van der Waals surface area contributed by atoms with Gasteiger partial charge in [0.25, 0.3) is 0 Å². The van der Waals surface area contributed by atoms with Gasteiger partial charge in [0.1, 0.15) is 6.04 Å². The molecular weight excluding hydrogens is 352 g/mol. The molecule has 2 aliphatic rings. The normalized spacial score (nSPS) is 28.7. The van der Waals surface area contributed by atoms with Gasteiger partial charge in [0, 0.05) is 16.4 Å². The van der Waals surface area contributed by atoms with Gasteiger partial charge in [0.2, 0.25) is 0 Å². The molecule has 1 aliphatic carbocycles. The molecule has 1 heterocycles. The van der Waals surface area contributed by atoms with Crippen LogP contribution >= 0.6 is 27.5 Å². The number of rotatable bonds is 2. The van der Waals surface area contributed by atoms with E-state index in [2.05, 4.69) is 33.2 Å². The first-order valence-corrected chi connectivity index (χ1v) is 8.57. The van der Waals surface area contributed by atoms with E-state index in [-0.39, 0.29) is 11.8 Å². The number of carbonyl (C=O) groups is 1. The molecule has 0 bridgehead atoms. The van der Waals surface area contributed by atoms with Crippen LogP contribution in [-0.2, 0) is 0 Å². The molecule has 3 atom stereocenters. The Morgan fingerprint density at radius 1 is 1.38 bits per heavy atom. The summed E-state index contributed by atoms with van der Waals surface area (Å²) in [4.78, 5) is 17.1. The van der Waals surface area contributed by atoms with Gasteiger partial charge in [0.15, 0.2) is 5.78 Å². The molecule has 1 aromatic carbocycles. The Labute approximate surface area is 138 Å². The molecule has 21 heavy (non-hydrogen) atoms. The first kappa shape index (κ1) is 15.0. The van der Waals surface area contributed by atoms with E-state index in [0.717, 1.165) is 16.6 Å². The molecule has 3 nitrogen and oxygen atoms in total. The van der Waals surface area contributed by atoms with Crippen LogP contribution < -0.4 is 5.32 Å². The molecule has 1 unspecified atom stereocenters. The average Bonchev–Trinajstić information content (AvgIpc) is 2.79. The lowest BCUT2D eigenvalue weighted by Crippen LogP contribution is -2.27. The fraction of sp³-hybridized carbons (Fsp3) is 0.500. The molecular formula is C16H18BrClN2O. The first-order chi connectivity index (χ1) is 10.1. The fourth-order valence-electron chi connectivity index (χ4n) is 3.12. The van der Waals surface area contributed by atoms with Crippen molar-refractivity contribution in [1.29, 1.82) is 0 Å². The van der Waals surface area contributed by atoms with Crippen LogP contribution in [0.2, 0.25) is 5.02 Å². The van der Waals surface area contributed by atoms with Crippen LogP contribution in [0.15, 0.2) is 21.6 Å². The lowest BCUT2D eigenvalue weighted by molar-refractivity contribution is 0.1000. The van der Waals surface area contributed by atoms with Crippen molar-refractivity contribution in [3.63, 3.8) is 0 Å². The topological polar surface area (TPSA) is 41.5 Å². The van der Waals surface area contributed by atoms with Crippen LogP contribution in [0.1, 0.15) is 43.0 Å². The number of fused-ring (bicyclic) bond motifs is 1. The van der Waals surface area contributed by atoms with Crippen molar-refractivity contribution < 1.29 is 4.79 Å². The summed E-state index contributed by atoms with van der Waals surface area (Å²) in [6.07, 6.45) is 6.66. The Bertz CT molecular complexity index is 602. The Kier molecular flexibility index (Phi) is 4.36. The van der Waals surface area contributed by atoms with E-state index >= 15 is 0 Å². The summed E-state index contributed by atoms with van der Waals surface area (Å²) in [5.41, 5.74) is 1.36. The molecule has 1 saturated carbocycles. The zero-order chi connectivity index (χ0) is 15.0. The van der Waals surface area contributed by atoms with Crippen molar-refractivity contribution in [3.8, 4) is 0 Å². The number of hydrogen-bond acceptors (Lipinski definition) is 3. The lowest BCUT2D eigenvalue weighted by Gasteiger charge is -2.25. The summed E-state index contributed by atoms with van der Waals surface area (Å²) in [6.45, 7) is 2.24. The lowest BCUT2D eigenvalue weighted by atomic mass is 9.86. The second-order valence-electron chi connectivity index (χ2n) is 5.90. The number of halogens is 2. The number of nitrogens with one attached hydrogen (secondary N) is 1. The van der Waals surface area contributed by atoms with Crippen molar-refractivity contribution in [2.24, 2.45) is 10.9 Å². The smallest absolute Gasteiger partial charge is 0.194 e. The molecule has 1 aromatic rings. The second kappa shape index (κ2) is 6.09. The summed E-state index contributed by atoms with van der Waals surface area (Å²) in [5.74, 6) is 0.607. The van der Waals surface area contributed by atoms with Crippen molar-refractivity contribution >= 4 is 45.2 Å². The van der Waals surface area contributed by atoms with Gasteiger partial charge in [0.05, 0.1) is 16.6 Å². The van der Waals surface area contributed by atoms with Crippen LogP contribution in [0.25, 0.3) is 0 Å². The van der Waals surface area contributed by atoms with Gasteiger partial charge < -0.3 is 5.32 Å². The van der Waals surface area contributed by atoms with Gasteiger partial charge in [-0.3, -0.25) is 9.79 Å². The van der Waals surface area contributed by atoms with E-state index in [9.17, 15) is 4.79 Å². The third kappa shape index (κ3) is 2.88. The molecule has 1 N–H and O–H groups in total. The van der Waals surface area contributed by atoms with E-state index in [1.165, 1.54) is 19.3 Å².